The van der Waals surface area contributed by atoms with Gasteiger partial charge >= 0.3 is 0 Å². The van der Waals surface area contributed by atoms with Crippen molar-refractivity contribution >= 4 is 29.5 Å². The topological polar surface area (TPSA) is 84.8 Å². The molecule has 3 rings (SSSR count). The fraction of sp³-hybridized carbons (Fsp3) is 0.333. The van der Waals surface area contributed by atoms with Gasteiger partial charge in [0.1, 0.15) is 22.3 Å². The number of nitrogens with one attached hydrogen (secondary N) is 2. The highest BCUT2D eigenvalue weighted by Gasteiger charge is 2.15. The van der Waals surface area contributed by atoms with Crippen molar-refractivity contribution in [1.82, 2.24) is 25.1 Å². The lowest BCUT2D eigenvalue weighted by Gasteiger charge is -2.10. The molecule has 2 N–H and O–H groups in total. The van der Waals surface area contributed by atoms with Crippen LogP contribution in [0.2, 0.25) is 0 Å². The minimum atomic E-state index is -0.211. The number of hydrogen-bond acceptors (Lipinski definition) is 6. The van der Waals surface area contributed by atoms with Gasteiger partial charge < -0.3 is 14.6 Å². The number of ether oxygens (including phenoxy) is 1. The average Bonchev–Trinajstić information content (AvgIpc) is 3.28. The minimum absolute atomic E-state index is 0.211. The van der Waals surface area contributed by atoms with E-state index in [0.717, 1.165) is 22.1 Å². The van der Waals surface area contributed by atoms with Crippen molar-refractivity contribution in [3.05, 3.63) is 45.9 Å². The summed E-state index contributed by atoms with van der Waals surface area (Å²) in [5.41, 5.74) is 1.26. The molecule has 9 heteroatoms. The van der Waals surface area contributed by atoms with Crippen molar-refractivity contribution in [2.24, 2.45) is 0 Å². The van der Waals surface area contributed by atoms with E-state index in [1.807, 2.05) is 42.7 Å². The molecule has 0 radical (unpaired) electrons. The summed E-state index contributed by atoms with van der Waals surface area (Å²) in [6.07, 6.45) is 0.584. The number of para-hydroxylation sites is 1. The summed E-state index contributed by atoms with van der Waals surface area (Å²) in [5, 5.41) is 12.4. The lowest BCUT2D eigenvalue weighted by Crippen LogP contribution is -2.27. The first-order chi connectivity index (χ1) is 13.0. The number of carbonyl (C=O) groups excluding carboxylic acids is 1. The fourth-order valence-electron chi connectivity index (χ4n) is 2.75. The van der Waals surface area contributed by atoms with E-state index in [1.165, 1.54) is 11.3 Å². The van der Waals surface area contributed by atoms with Crippen LogP contribution < -0.4 is 10.1 Å². The zero-order valence-corrected chi connectivity index (χ0v) is 17.0. The lowest BCUT2D eigenvalue weighted by molar-refractivity contribution is 0.0949. The molecule has 0 fully saturated rings. The smallest absolute Gasteiger partial charge is 0.270 e. The van der Waals surface area contributed by atoms with Crippen LogP contribution in [0.5, 0.6) is 5.75 Å². The third-order valence-electron chi connectivity index (χ3n) is 4.00. The summed E-state index contributed by atoms with van der Waals surface area (Å²) < 4.78 is 7.90. The SMILES string of the molecule is COc1ccccc1-c1nc(C(=O)NCCc2n[nH]c(=S)n2C(C)C)cs1. The van der Waals surface area contributed by atoms with E-state index in [4.69, 9.17) is 17.0 Å². The van der Waals surface area contributed by atoms with Gasteiger partial charge in [0.15, 0.2) is 4.77 Å². The van der Waals surface area contributed by atoms with Gasteiger partial charge in [0, 0.05) is 24.4 Å². The predicted octanol–water partition coefficient (Wildman–Crippen LogP) is 3.63. The number of aromatic nitrogens is 4. The second kappa shape index (κ2) is 8.45. The summed E-state index contributed by atoms with van der Waals surface area (Å²) in [4.78, 5) is 16.9. The molecular weight excluding hydrogens is 382 g/mol. The zero-order valence-electron chi connectivity index (χ0n) is 15.4. The Bertz CT molecular complexity index is 990. The Hall–Kier alpha value is -2.52. The predicted molar refractivity (Wildman–Crippen MR) is 108 cm³/mol. The zero-order chi connectivity index (χ0) is 19.4. The molecule has 0 atom stereocenters. The number of benzene rings is 1. The summed E-state index contributed by atoms with van der Waals surface area (Å²) >= 11 is 6.65. The van der Waals surface area contributed by atoms with Gasteiger partial charge in [0.25, 0.3) is 5.91 Å². The maximum atomic E-state index is 12.4. The highest BCUT2D eigenvalue weighted by Crippen LogP contribution is 2.31. The number of hydrogen-bond donors (Lipinski definition) is 2. The number of carbonyl (C=O) groups is 1. The Morgan fingerprint density at radius 2 is 2.19 bits per heavy atom. The van der Waals surface area contributed by atoms with E-state index in [2.05, 4.69) is 20.5 Å². The minimum Gasteiger partial charge on any atom is -0.496 e. The first-order valence-electron chi connectivity index (χ1n) is 8.54. The van der Waals surface area contributed by atoms with Gasteiger partial charge in [0.05, 0.1) is 12.7 Å². The van der Waals surface area contributed by atoms with Crippen molar-refractivity contribution < 1.29 is 9.53 Å². The summed E-state index contributed by atoms with van der Waals surface area (Å²) in [5.74, 6) is 1.34. The summed E-state index contributed by atoms with van der Waals surface area (Å²) in [7, 11) is 1.62. The molecule has 0 aliphatic heterocycles. The molecule has 3 aromatic rings. The van der Waals surface area contributed by atoms with Gasteiger partial charge in [-0.3, -0.25) is 9.89 Å². The molecule has 2 heterocycles. The van der Waals surface area contributed by atoms with Crippen LogP contribution in [-0.2, 0) is 6.42 Å². The van der Waals surface area contributed by atoms with Crippen molar-refractivity contribution in [2.75, 3.05) is 13.7 Å². The van der Waals surface area contributed by atoms with Crippen LogP contribution in [-0.4, -0.2) is 39.3 Å². The van der Waals surface area contributed by atoms with Crippen LogP contribution in [0.25, 0.3) is 10.6 Å². The van der Waals surface area contributed by atoms with Gasteiger partial charge in [-0.2, -0.15) is 5.10 Å². The Balaban J connectivity index is 1.64. The van der Waals surface area contributed by atoms with Crippen LogP contribution in [0.1, 0.15) is 36.2 Å². The van der Waals surface area contributed by atoms with Crippen LogP contribution in [0, 0.1) is 4.77 Å². The molecule has 0 saturated carbocycles. The lowest BCUT2D eigenvalue weighted by atomic mass is 10.2. The third-order valence-corrected chi connectivity index (χ3v) is 5.17. The molecule has 1 amide bonds. The Kier molecular flexibility index (Phi) is 6.02. The van der Waals surface area contributed by atoms with Gasteiger partial charge in [0.2, 0.25) is 0 Å². The first kappa shape index (κ1) is 19.2. The standard InChI is InChI=1S/C18H21N5O2S2/c1-11(2)23-15(21-22-18(23)26)8-9-19-16(24)13-10-27-17(20-13)12-6-4-5-7-14(12)25-3/h4-7,10-11H,8-9H2,1-3H3,(H,19,24)(H,22,26). The van der Waals surface area contributed by atoms with E-state index in [-0.39, 0.29) is 11.9 Å². The number of methoxy groups -OCH3 is 1. The molecule has 0 aliphatic rings. The maximum Gasteiger partial charge on any atom is 0.270 e. The normalized spacial score (nSPS) is 11.0. The summed E-state index contributed by atoms with van der Waals surface area (Å²) in [6.45, 7) is 4.54. The highest BCUT2D eigenvalue weighted by molar-refractivity contribution is 7.71. The molecule has 0 bridgehead atoms. The van der Waals surface area contributed by atoms with Crippen LogP contribution in [0.15, 0.2) is 29.6 Å². The molecule has 0 unspecified atom stereocenters. The molecule has 2 aromatic heterocycles. The molecule has 0 spiro atoms. The largest absolute Gasteiger partial charge is 0.496 e. The summed E-state index contributed by atoms with van der Waals surface area (Å²) in [6, 6.07) is 7.83. The number of amides is 1. The molecule has 7 nitrogen and oxygen atoms in total. The molecular formula is C18H21N5O2S2. The van der Waals surface area contributed by atoms with Gasteiger partial charge in [-0.1, -0.05) is 12.1 Å². The number of nitrogens with zero attached hydrogens (tertiary/aromatic N) is 3. The second-order valence-corrected chi connectivity index (χ2v) is 7.40. The highest BCUT2D eigenvalue weighted by atomic mass is 32.1. The van der Waals surface area contributed by atoms with Gasteiger partial charge in [-0.15, -0.1) is 11.3 Å². The monoisotopic (exact) mass is 403 g/mol. The Morgan fingerprint density at radius 1 is 1.41 bits per heavy atom. The number of aromatic amines is 1. The molecule has 142 valence electrons. The van der Waals surface area contributed by atoms with Crippen LogP contribution in [0.3, 0.4) is 0 Å². The molecule has 27 heavy (non-hydrogen) atoms. The first-order valence-corrected chi connectivity index (χ1v) is 9.83. The van der Waals surface area contributed by atoms with Gasteiger partial charge in [-0.25, -0.2) is 4.98 Å². The van der Waals surface area contributed by atoms with Gasteiger partial charge in [-0.05, 0) is 38.2 Å². The number of thiazole rings is 1. The van der Waals surface area contributed by atoms with Crippen molar-refractivity contribution in [1.29, 1.82) is 0 Å². The van der Waals surface area contributed by atoms with E-state index in [0.29, 0.717) is 23.4 Å². The Labute approximate surface area is 166 Å². The van der Waals surface area contributed by atoms with E-state index in [9.17, 15) is 4.79 Å². The van der Waals surface area contributed by atoms with E-state index in [1.54, 1.807) is 12.5 Å². The van der Waals surface area contributed by atoms with Crippen molar-refractivity contribution in [3.8, 4) is 16.3 Å². The fourth-order valence-corrected chi connectivity index (χ4v) is 3.94. The molecule has 0 aliphatic carbocycles. The average molecular weight is 404 g/mol. The van der Waals surface area contributed by atoms with E-state index >= 15 is 0 Å². The number of rotatable bonds is 7. The number of H-pyrrole nitrogens is 1. The third kappa shape index (κ3) is 4.25. The molecule has 0 saturated heterocycles. The maximum absolute atomic E-state index is 12.4. The van der Waals surface area contributed by atoms with Crippen molar-refractivity contribution in [3.63, 3.8) is 0 Å². The van der Waals surface area contributed by atoms with Crippen LogP contribution >= 0.6 is 23.6 Å². The Morgan fingerprint density at radius 3 is 2.93 bits per heavy atom. The molecule has 1 aromatic carbocycles. The quantitative estimate of drug-likeness (QED) is 0.589. The van der Waals surface area contributed by atoms with Crippen LogP contribution in [0.4, 0.5) is 0 Å². The van der Waals surface area contributed by atoms with E-state index < -0.39 is 0 Å². The second-order valence-electron chi connectivity index (χ2n) is 6.15. The van der Waals surface area contributed by atoms with Crippen molar-refractivity contribution in [2.45, 2.75) is 26.3 Å².